The van der Waals surface area contributed by atoms with Crippen molar-refractivity contribution in [2.75, 3.05) is 28.6 Å². The van der Waals surface area contributed by atoms with Crippen molar-refractivity contribution in [3.8, 4) is 11.3 Å². The third-order valence-corrected chi connectivity index (χ3v) is 5.85. The third kappa shape index (κ3) is 4.93. The van der Waals surface area contributed by atoms with Gasteiger partial charge in [-0.2, -0.15) is 0 Å². The summed E-state index contributed by atoms with van der Waals surface area (Å²) in [5.41, 5.74) is 2.17. The van der Waals surface area contributed by atoms with E-state index in [2.05, 4.69) is 42.0 Å². The van der Waals surface area contributed by atoms with Gasteiger partial charge in [-0.05, 0) is 61.7 Å². The predicted octanol–water partition coefficient (Wildman–Crippen LogP) is 5.08. The molecule has 0 spiro atoms. The molecule has 8 nitrogen and oxygen atoms in total. The van der Waals surface area contributed by atoms with Gasteiger partial charge in [0, 0.05) is 36.6 Å². The molecule has 2 N–H and O–H groups in total. The molecule has 1 fully saturated rings. The van der Waals surface area contributed by atoms with E-state index in [0.717, 1.165) is 30.7 Å². The standard InChI is InChI=1S/C26H24FN7O/c1-2-23(35)31-18-10-11-28-21(14-18)24-20(27)8-6-17-15-30-26(33-25(17)24)32-19-7-9-22(29-16-19)34-12-4-3-5-13-34/h2,6-11,14-16H,1,3-5,12-13H2,(H,28,31,35)(H,30,32,33). The van der Waals surface area contributed by atoms with Crippen LogP contribution in [0, 0.1) is 5.82 Å². The fourth-order valence-electron chi connectivity index (χ4n) is 4.11. The summed E-state index contributed by atoms with van der Waals surface area (Å²) in [7, 11) is 0. The number of nitrogens with zero attached hydrogens (tertiary/aromatic N) is 5. The lowest BCUT2D eigenvalue weighted by Gasteiger charge is -2.27. The average Bonchev–Trinajstić information content (AvgIpc) is 2.89. The summed E-state index contributed by atoms with van der Waals surface area (Å²) in [4.78, 5) is 31.8. The second-order valence-electron chi connectivity index (χ2n) is 8.25. The smallest absolute Gasteiger partial charge is 0.247 e. The summed E-state index contributed by atoms with van der Waals surface area (Å²) in [5, 5.41) is 6.48. The molecule has 0 bridgehead atoms. The van der Waals surface area contributed by atoms with Crippen molar-refractivity contribution in [3.05, 3.63) is 73.5 Å². The number of benzene rings is 1. The zero-order valence-electron chi connectivity index (χ0n) is 19.0. The molecule has 0 atom stereocenters. The Morgan fingerprint density at radius 2 is 1.86 bits per heavy atom. The highest BCUT2D eigenvalue weighted by Crippen LogP contribution is 2.31. The molecule has 5 rings (SSSR count). The van der Waals surface area contributed by atoms with Gasteiger partial charge in [-0.1, -0.05) is 6.58 Å². The summed E-state index contributed by atoms with van der Waals surface area (Å²) >= 11 is 0. The Morgan fingerprint density at radius 1 is 1.00 bits per heavy atom. The first-order chi connectivity index (χ1) is 17.1. The van der Waals surface area contributed by atoms with Gasteiger partial charge in [-0.15, -0.1) is 0 Å². The van der Waals surface area contributed by atoms with Crippen molar-refractivity contribution in [2.45, 2.75) is 19.3 Å². The number of carbonyl (C=O) groups is 1. The Balaban J connectivity index is 1.45. The maximum Gasteiger partial charge on any atom is 0.247 e. The highest BCUT2D eigenvalue weighted by molar-refractivity contribution is 6.00. The van der Waals surface area contributed by atoms with E-state index < -0.39 is 5.82 Å². The first kappa shape index (κ1) is 22.4. The Hall–Kier alpha value is -4.40. The lowest BCUT2D eigenvalue weighted by atomic mass is 10.1. The van der Waals surface area contributed by atoms with Crippen molar-refractivity contribution < 1.29 is 9.18 Å². The van der Waals surface area contributed by atoms with Crippen LogP contribution in [0.1, 0.15) is 19.3 Å². The zero-order chi connectivity index (χ0) is 24.2. The number of halogens is 1. The maximum absolute atomic E-state index is 15.0. The second-order valence-corrected chi connectivity index (χ2v) is 8.25. The molecule has 176 valence electrons. The highest BCUT2D eigenvalue weighted by Gasteiger charge is 2.16. The van der Waals surface area contributed by atoms with E-state index in [4.69, 9.17) is 0 Å². The van der Waals surface area contributed by atoms with E-state index in [1.165, 1.54) is 31.5 Å². The van der Waals surface area contributed by atoms with Crippen molar-refractivity contribution in [1.29, 1.82) is 0 Å². The number of aromatic nitrogens is 4. The molecule has 1 saturated heterocycles. The average molecular weight is 470 g/mol. The largest absolute Gasteiger partial charge is 0.357 e. The van der Waals surface area contributed by atoms with E-state index in [-0.39, 0.29) is 11.5 Å². The van der Waals surface area contributed by atoms with Crippen LogP contribution in [0.2, 0.25) is 0 Å². The molecule has 0 unspecified atom stereocenters. The van der Waals surface area contributed by atoms with Crippen LogP contribution in [0.3, 0.4) is 0 Å². The van der Waals surface area contributed by atoms with Gasteiger partial charge in [0.25, 0.3) is 0 Å². The van der Waals surface area contributed by atoms with E-state index >= 15 is 4.39 Å². The van der Waals surface area contributed by atoms with Gasteiger partial charge in [0.05, 0.1) is 28.7 Å². The zero-order valence-corrected chi connectivity index (χ0v) is 19.0. The molecular weight excluding hydrogens is 445 g/mol. The van der Waals surface area contributed by atoms with Gasteiger partial charge in [-0.3, -0.25) is 9.78 Å². The van der Waals surface area contributed by atoms with E-state index in [9.17, 15) is 4.79 Å². The molecule has 3 aromatic heterocycles. The van der Waals surface area contributed by atoms with Gasteiger partial charge in [0.15, 0.2) is 0 Å². The van der Waals surface area contributed by atoms with E-state index in [0.29, 0.717) is 28.2 Å². The summed E-state index contributed by atoms with van der Waals surface area (Å²) < 4.78 is 15.0. The molecule has 4 aromatic rings. The molecule has 0 aliphatic carbocycles. The Morgan fingerprint density at radius 3 is 2.63 bits per heavy atom. The minimum Gasteiger partial charge on any atom is -0.357 e. The minimum atomic E-state index is -0.477. The number of hydrogen-bond acceptors (Lipinski definition) is 7. The molecule has 9 heteroatoms. The SMILES string of the molecule is C=CC(=O)Nc1ccnc(-c2c(F)ccc3cnc(Nc4ccc(N5CCCCC5)nc4)nc23)c1. The molecule has 1 aliphatic heterocycles. The molecule has 0 radical (unpaired) electrons. The number of hydrogen-bond donors (Lipinski definition) is 2. The summed E-state index contributed by atoms with van der Waals surface area (Å²) in [5.74, 6) is 0.421. The van der Waals surface area contributed by atoms with Crippen LogP contribution in [-0.4, -0.2) is 38.9 Å². The highest BCUT2D eigenvalue weighted by atomic mass is 19.1. The number of piperidine rings is 1. The molecular formula is C26H24FN7O. The van der Waals surface area contributed by atoms with E-state index in [1.807, 2.05) is 12.1 Å². The number of nitrogens with one attached hydrogen (secondary N) is 2. The number of pyridine rings is 2. The van der Waals surface area contributed by atoms with Crippen molar-refractivity contribution >= 4 is 40.0 Å². The summed E-state index contributed by atoms with van der Waals surface area (Å²) in [6, 6.07) is 10.1. The predicted molar refractivity (Wildman–Crippen MR) is 135 cm³/mol. The van der Waals surface area contributed by atoms with Crippen LogP contribution in [0.5, 0.6) is 0 Å². The number of amides is 1. The fraction of sp³-hybridized carbons (Fsp3) is 0.192. The lowest BCUT2D eigenvalue weighted by Crippen LogP contribution is -2.29. The van der Waals surface area contributed by atoms with Crippen LogP contribution < -0.4 is 15.5 Å². The number of anilines is 4. The molecule has 0 saturated carbocycles. The number of rotatable bonds is 6. The molecule has 1 aromatic carbocycles. The lowest BCUT2D eigenvalue weighted by molar-refractivity contribution is -0.111. The Bertz CT molecular complexity index is 1380. The third-order valence-electron chi connectivity index (χ3n) is 5.85. The first-order valence-corrected chi connectivity index (χ1v) is 11.4. The van der Waals surface area contributed by atoms with Gasteiger partial charge in [-0.25, -0.2) is 19.3 Å². The monoisotopic (exact) mass is 469 g/mol. The van der Waals surface area contributed by atoms with Crippen LogP contribution in [-0.2, 0) is 4.79 Å². The quantitative estimate of drug-likeness (QED) is 0.380. The van der Waals surface area contributed by atoms with Gasteiger partial charge < -0.3 is 15.5 Å². The van der Waals surface area contributed by atoms with Crippen LogP contribution in [0.15, 0.2) is 67.6 Å². The van der Waals surface area contributed by atoms with Crippen LogP contribution in [0.25, 0.3) is 22.2 Å². The maximum atomic E-state index is 15.0. The Kier molecular flexibility index (Phi) is 6.30. The van der Waals surface area contributed by atoms with Crippen molar-refractivity contribution in [1.82, 2.24) is 19.9 Å². The molecule has 35 heavy (non-hydrogen) atoms. The molecule has 1 amide bonds. The summed E-state index contributed by atoms with van der Waals surface area (Å²) in [6.07, 6.45) is 9.68. The normalized spacial score (nSPS) is 13.5. The van der Waals surface area contributed by atoms with Gasteiger partial charge >= 0.3 is 0 Å². The van der Waals surface area contributed by atoms with Crippen LogP contribution >= 0.6 is 0 Å². The molecule has 1 aliphatic rings. The molecule has 4 heterocycles. The van der Waals surface area contributed by atoms with Crippen molar-refractivity contribution in [2.24, 2.45) is 0 Å². The van der Waals surface area contributed by atoms with Gasteiger partial charge in [0.1, 0.15) is 11.6 Å². The first-order valence-electron chi connectivity index (χ1n) is 11.4. The van der Waals surface area contributed by atoms with E-state index in [1.54, 1.807) is 30.6 Å². The fourth-order valence-corrected chi connectivity index (χ4v) is 4.11. The van der Waals surface area contributed by atoms with Crippen molar-refractivity contribution in [3.63, 3.8) is 0 Å². The number of carbonyl (C=O) groups excluding carboxylic acids is 1. The second kappa shape index (κ2) is 9.84. The van der Waals surface area contributed by atoms with Gasteiger partial charge in [0.2, 0.25) is 11.9 Å². The topological polar surface area (TPSA) is 95.9 Å². The number of fused-ring (bicyclic) bond motifs is 1. The minimum absolute atomic E-state index is 0.223. The van der Waals surface area contributed by atoms with Crippen LogP contribution in [0.4, 0.5) is 27.5 Å². The Labute approximate surface area is 202 Å². The summed E-state index contributed by atoms with van der Waals surface area (Å²) in [6.45, 7) is 5.49.